The molecule has 1 aromatic heterocycles. The molecule has 8 nitrogen and oxygen atoms in total. The Morgan fingerprint density at radius 3 is 2.90 bits per heavy atom. The van der Waals surface area contributed by atoms with Crippen LogP contribution in [0.15, 0.2) is 12.1 Å². The predicted molar refractivity (Wildman–Crippen MR) is 71.7 cm³/mol. The Labute approximate surface area is 115 Å². The molecule has 0 aliphatic heterocycles. The minimum atomic E-state index is -0.529. The number of ether oxygens (including phenoxy) is 1. The summed E-state index contributed by atoms with van der Waals surface area (Å²) in [5, 5.41) is 16.5. The van der Waals surface area contributed by atoms with E-state index in [4.69, 9.17) is 4.74 Å². The van der Waals surface area contributed by atoms with Crippen molar-refractivity contribution in [3.63, 3.8) is 0 Å². The van der Waals surface area contributed by atoms with Gasteiger partial charge in [0, 0.05) is 31.1 Å². The monoisotopic (exact) mass is 280 g/mol. The maximum atomic E-state index is 11.5. The largest absolute Gasteiger partial charge is 0.481 e. The number of nitrogens with one attached hydrogen (secondary N) is 2. The number of methoxy groups -OCH3 is 1. The van der Waals surface area contributed by atoms with Crippen LogP contribution >= 0.6 is 0 Å². The Hall–Kier alpha value is -2.38. The molecule has 0 bridgehead atoms. The molecule has 0 radical (unpaired) electrons. The lowest BCUT2D eigenvalue weighted by molar-refractivity contribution is -0.384. The van der Waals surface area contributed by atoms with Gasteiger partial charge < -0.3 is 15.4 Å². The van der Waals surface area contributed by atoms with Crippen LogP contribution in [0.4, 0.5) is 11.5 Å². The highest BCUT2D eigenvalue weighted by Gasteiger charge is 2.23. The Kier molecular flexibility index (Phi) is 4.34. The molecule has 1 saturated carbocycles. The average Bonchev–Trinajstić information content (AvgIpc) is 3.22. The van der Waals surface area contributed by atoms with Crippen LogP contribution in [-0.2, 0) is 4.79 Å². The standard InChI is InChI=1S/C12H16N4O4/c1-20-11-5-4-9(16(18)19)12(15-11)13-7-6-10(17)14-8-2-3-8/h4-5,8H,2-3,6-7H2,1H3,(H,13,15)(H,14,17). The summed E-state index contributed by atoms with van der Waals surface area (Å²) in [6, 6.07) is 3.05. The van der Waals surface area contributed by atoms with E-state index >= 15 is 0 Å². The molecule has 8 heteroatoms. The van der Waals surface area contributed by atoms with E-state index in [2.05, 4.69) is 15.6 Å². The lowest BCUT2D eigenvalue weighted by Crippen LogP contribution is -2.27. The molecule has 0 atom stereocenters. The highest BCUT2D eigenvalue weighted by atomic mass is 16.6. The molecule has 0 aromatic carbocycles. The van der Waals surface area contributed by atoms with Crippen molar-refractivity contribution >= 4 is 17.4 Å². The normalized spacial score (nSPS) is 13.7. The van der Waals surface area contributed by atoms with Gasteiger partial charge in [-0.05, 0) is 12.8 Å². The number of hydrogen-bond donors (Lipinski definition) is 2. The number of rotatable bonds is 7. The van der Waals surface area contributed by atoms with Gasteiger partial charge in [-0.3, -0.25) is 14.9 Å². The predicted octanol–water partition coefficient (Wildman–Crippen LogP) is 1.08. The highest BCUT2D eigenvalue weighted by Crippen LogP contribution is 2.24. The first-order chi connectivity index (χ1) is 9.60. The minimum absolute atomic E-state index is 0.0643. The fourth-order valence-corrected chi connectivity index (χ4v) is 1.65. The summed E-state index contributed by atoms with van der Waals surface area (Å²) < 4.78 is 4.92. The Bertz CT molecular complexity index is 516. The lowest BCUT2D eigenvalue weighted by Gasteiger charge is -2.08. The van der Waals surface area contributed by atoms with Gasteiger partial charge in [-0.2, -0.15) is 4.98 Å². The van der Waals surface area contributed by atoms with Gasteiger partial charge in [0.25, 0.3) is 0 Å². The van der Waals surface area contributed by atoms with Crippen LogP contribution in [0.25, 0.3) is 0 Å². The van der Waals surface area contributed by atoms with E-state index in [9.17, 15) is 14.9 Å². The lowest BCUT2D eigenvalue weighted by atomic mass is 10.3. The molecular weight excluding hydrogens is 264 g/mol. The van der Waals surface area contributed by atoms with Crippen molar-refractivity contribution in [1.82, 2.24) is 10.3 Å². The quantitative estimate of drug-likeness (QED) is 0.571. The third-order valence-electron chi connectivity index (χ3n) is 2.84. The summed E-state index contributed by atoms with van der Waals surface area (Å²) in [5.41, 5.74) is -0.145. The van der Waals surface area contributed by atoms with Crippen LogP contribution < -0.4 is 15.4 Å². The molecule has 2 N–H and O–H groups in total. The van der Waals surface area contributed by atoms with Gasteiger partial charge in [0.05, 0.1) is 12.0 Å². The second kappa shape index (κ2) is 6.18. The molecule has 0 spiro atoms. The van der Waals surface area contributed by atoms with Gasteiger partial charge in [0.15, 0.2) is 0 Å². The molecule has 1 heterocycles. The molecule has 108 valence electrons. The zero-order chi connectivity index (χ0) is 14.5. The first-order valence-corrected chi connectivity index (χ1v) is 6.33. The summed E-state index contributed by atoms with van der Waals surface area (Å²) in [6.07, 6.45) is 2.30. The van der Waals surface area contributed by atoms with E-state index in [1.165, 1.54) is 19.2 Å². The number of aromatic nitrogens is 1. The molecule has 0 saturated heterocycles. The van der Waals surface area contributed by atoms with Crippen molar-refractivity contribution in [3.8, 4) is 5.88 Å². The summed E-state index contributed by atoms with van der Waals surface area (Å²) >= 11 is 0. The molecule has 1 aromatic rings. The van der Waals surface area contributed by atoms with E-state index in [-0.39, 0.29) is 36.3 Å². The van der Waals surface area contributed by atoms with E-state index in [0.29, 0.717) is 6.04 Å². The van der Waals surface area contributed by atoms with Crippen molar-refractivity contribution in [2.75, 3.05) is 19.0 Å². The van der Waals surface area contributed by atoms with Gasteiger partial charge in [-0.15, -0.1) is 0 Å². The zero-order valence-corrected chi connectivity index (χ0v) is 11.1. The van der Waals surface area contributed by atoms with E-state index in [0.717, 1.165) is 12.8 Å². The van der Waals surface area contributed by atoms with Crippen LogP contribution in [0.3, 0.4) is 0 Å². The van der Waals surface area contributed by atoms with Gasteiger partial charge in [-0.1, -0.05) is 0 Å². The molecule has 2 rings (SSSR count). The molecule has 1 aliphatic carbocycles. The number of carbonyl (C=O) groups is 1. The van der Waals surface area contributed by atoms with Gasteiger partial charge in [0.1, 0.15) is 0 Å². The summed E-state index contributed by atoms with van der Waals surface area (Å²) in [4.78, 5) is 25.8. The fourth-order valence-electron chi connectivity index (χ4n) is 1.65. The molecule has 0 unspecified atom stereocenters. The van der Waals surface area contributed by atoms with Crippen LogP contribution in [0.5, 0.6) is 5.88 Å². The Morgan fingerprint density at radius 2 is 2.30 bits per heavy atom. The number of nitro groups is 1. The second-order valence-corrected chi connectivity index (χ2v) is 4.50. The Balaban J connectivity index is 1.92. The third kappa shape index (κ3) is 3.81. The van der Waals surface area contributed by atoms with Crippen molar-refractivity contribution in [3.05, 3.63) is 22.2 Å². The number of amides is 1. The smallest absolute Gasteiger partial charge is 0.311 e. The molecule has 1 aliphatic rings. The number of pyridine rings is 1. The van der Waals surface area contributed by atoms with Crippen molar-refractivity contribution in [2.24, 2.45) is 0 Å². The molecular formula is C12H16N4O4. The SMILES string of the molecule is COc1ccc([N+](=O)[O-])c(NCCC(=O)NC2CC2)n1. The zero-order valence-electron chi connectivity index (χ0n) is 11.1. The maximum Gasteiger partial charge on any atom is 0.311 e. The average molecular weight is 280 g/mol. The van der Waals surface area contributed by atoms with E-state index in [1.807, 2.05) is 0 Å². The van der Waals surface area contributed by atoms with Crippen LogP contribution in [0.1, 0.15) is 19.3 Å². The molecule has 20 heavy (non-hydrogen) atoms. The van der Waals surface area contributed by atoms with Gasteiger partial charge in [0.2, 0.25) is 17.6 Å². The second-order valence-electron chi connectivity index (χ2n) is 4.50. The van der Waals surface area contributed by atoms with Crippen LogP contribution in [0, 0.1) is 10.1 Å². The summed E-state index contributed by atoms with van der Waals surface area (Å²) in [6.45, 7) is 0.277. The fraction of sp³-hybridized carbons (Fsp3) is 0.500. The molecule has 1 amide bonds. The first-order valence-electron chi connectivity index (χ1n) is 6.33. The van der Waals surface area contributed by atoms with Crippen LogP contribution in [0.2, 0.25) is 0 Å². The highest BCUT2D eigenvalue weighted by molar-refractivity contribution is 5.77. The summed E-state index contributed by atoms with van der Waals surface area (Å²) in [7, 11) is 1.43. The van der Waals surface area contributed by atoms with Gasteiger partial charge >= 0.3 is 5.69 Å². The van der Waals surface area contributed by atoms with Crippen molar-refractivity contribution in [1.29, 1.82) is 0 Å². The number of carbonyl (C=O) groups excluding carboxylic acids is 1. The number of anilines is 1. The third-order valence-corrected chi connectivity index (χ3v) is 2.84. The number of nitrogens with zero attached hydrogens (tertiary/aromatic N) is 2. The van der Waals surface area contributed by atoms with E-state index in [1.54, 1.807) is 0 Å². The van der Waals surface area contributed by atoms with Crippen molar-refractivity contribution < 1.29 is 14.5 Å². The minimum Gasteiger partial charge on any atom is -0.481 e. The molecule has 1 fully saturated rings. The first kappa shape index (κ1) is 14.0. The summed E-state index contributed by atoms with van der Waals surface area (Å²) in [5.74, 6) is 0.319. The number of hydrogen-bond acceptors (Lipinski definition) is 6. The van der Waals surface area contributed by atoms with Crippen molar-refractivity contribution in [2.45, 2.75) is 25.3 Å². The van der Waals surface area contributed by atoms with E-state index < -0.39 is 4.92 Å². The maximum absolute atomic E-state index is 11.5. The van der Waals surface area contributed by atoms with Gasteiger partial charge in [-0.25, -0.2) is 0 Å². The topological polar surface area (TPSA) is 106 Å². The Morgan fingerprint density at radius 1 is 1.55 bits per heavy atom. The van der Waals surface area contributed by atoms with Crippen LogP contribution in [-0.4, -0.2) is 35.5 Å².